The Bertz CT molecular complexity index is 223. The second-order valence-electron chi connectivity index (χ2n) is 2.92. The molecular weight excluding hydrogens is 124 g/mol. The lowest BCUT2D eigenvalue weighted by atomic mass is 9.86. The number of hydrogen-bond donors (Lipinski definition) is 0. The summed E-state index contributed by atoms with van der Waals surface area (Å²) in [5, 5.41) is 0. The number of Topliss-reactive ketones (excluding diaryl/α,β-unsaturated/α-hetero) is 1. The van der Waals surface area contributed by atoms with Crippen molar-refractivity contribution in [3.8, 4) is 0 Å². The minimum absolute atomic E-state index is 0.175. The Balaban J connectivity index is 2.27. The molecule has 0 spiro atoms. The molecule has 0 aromatic carbocycles. The molecule has 0 amide bonds. The first-order valence-corrected chi connectivity index (χ1v) is 3.78. The standard InChI is InChI=1S/C9H10O/c10-9-6-2-4-7-3-1-5-8(7)9/h1,3,5,8H,2,4,6H2. The van der Waals surface area contributed by atoms with Crippen LogP contribution in [0.2, 0.25) is 0 Å². The lowest BCUT2D eigenvalue weighted by Crippen LogP contribution is -2.17. The zero-order valence-electron chi connectivity index (χ0n) is 5.84. The van der Waals surface area contributed by atoms with Gasteiger partial charge in [0.05, 0.1) is 5.92 Å². The van der Waals surface area contributed by atoms with Crippen molar-refractivity contribution in [2.24, 2.45) is 5.92 Å². The molecule has 0 heterocycles. The highest BCUT2D eigenvalue weighted by Gasteiger charge is 2.25. The van der Waals surface area contributed by atoms with Crippen LogP contribution in [-0.4, -0.2) is 5.78 Å². The van der Waals surface area contributed by atoms with E-state index in [0.29, 0.717) is 5.78 Å². The molecule has 1 atom stereocenters. The molecule has 10 heavy (non-hydrogen) atoms. The molecule has 0 radical (unpaired) electrons. The van der Waals surface area contributed by atoms with Crippen molar-refractivity contribution in [2.75, 3.05) is 0 Å². The quantitative estimate of drug-likeness (QED) is 0.494. The minimum Gasteiger partial charge on any atom is -0.299 e. The highest BCUT2D eigenvalue weighted by atomic mass is 16.1. The van der Waals surface area contributed by atoms with Gasteiger partial charge >= 0.3 is 0 Å². The molecule has 0 N–H and O–H groups in total. The van der Waals surface area contributed by atoms with E-state index in [9.17, 15) is 4.79 Å². The number of rotatable bonds is 0. The Hall–Kier alpha value is -0.850. The predicted octanol–water partition coefficient (Wildman–Crippen LogP) is 1.85. The van der Waals surface area contributed by atoms with E-state index in [4.69, 9.17) is 0 Å². The van der Waals surface area contributed by atoms with E-state index in [1.54, 1.807) is 0 Å². The number of carbonyl (C=O) groups excluding carboxylic acids is 1. The van der Waals surface area contributed by atoms with Gasteiger partial charge in [-0.15, -0.1) is 0 Å². The molecule has 2 aliphatic rings. The van der Waals surface area contributed by atoms with Gasteiger partial charge in [0.25, 0.3) is 0 Å². The Kier molecular flexibility index (Phi) is 1.23. The first kappa shape index (κ1) is 5.90. The van der Waals surface area contributed by atoms with Gasteiger partial charge in [-0.05, 0) is 12.8 Å². The summed E-state index contributed by atoms with van der Waals surface area (Å²) in [4.78, 5) is 11.2. The zero-order chi connectivity index (χ0) is 6.97. The fourth-order valence-electron chi connectivity index (χ4n) is 1.69. The zero-order valence-corrected chi connectivity index (χ0v) is 5.84. The monoisotopic (exact) mass is 134 g/mol. The first-order valence-electron chi connectivity index (χ1n) is 3.78. The van der Waals surface area contributed by atoms with Gasteiger partial charge in [0.15, 0.2) is 0 Å². The minimum atomic E-state index is 0.175. The van der Waals surface area contributed by atoms with Crippen LogP contribution in [0.1, 0.15) is 19.3 Å². The summed E-state index contributed by atoms with van der Waals surface area (Å²) in [6.45, 7) is 0. The maximum Gasteiger partial charge on any atom is 0.143 e. The molecule has 52 valence electrons. The second kappa shape index (κ2) is 2.08. The molecule has 1 heteroatoms. The summed E-state index contributed by atoms with van der Waals surface area (Å²) >= 11 is 0. The van der Waals surface area contributed by atoms with E-state index in [-0.39, 0.29) is 5.92 Å². The number of ketones is 1. The van der Waals surface area contributed by atoms with Gasteiger partial charge in [0, 0.05) is 6.42 Å². The lowest BCUT2D eigenvalue weighted by molar-refractivity contribution is -0.121. The molecular formula is C9H10O. The fourth-order valence-corrected chi connectivity index (χ4v) is 1.69. The first-order chi connectivity index (χ1) is 4.88. The van der Waals surface area contributed by atoms with Gasteiger partial charge in [-0.1, -0.05) is 23.8 Å². The van der Waals surface area contributed by atoms with E-state index in [1.165, 1.54) is 5.57 Å². The van der Waals surface area contributed by atoms with Crippen LogP contribution in [0.3, 0.4) is 0 Å². The van der Waals surface area contributed by atoms with E-state index in [1.807, 2.05) is 12.2 Å². The van der Waals surface area contributed by atoms with Crippen LogP contribution in [0.4, 0.5) is 0 Å². The van der Waals surface area contributed by atoms with Crippen molar-refractivity contribution in [1.29, 1.82) is 0 Å². The largest absolute Gasteiger partial charge is 0.299 e. The van der Waals surface area contributed by atoms with E-state index < -0.39 is 0 Å². The second-order valence-corrected chi connectivity index (χ2v) is 2.92. The predicted molar refractivity (Wildman–Crippen MR) is 39.6 cm³/mol. The molecule has 1 fully saturated rings. The number of allylic oxidation sites excluding steroid dienone is 4. The van der Waals surface area contributed by atoms with E-state index >= 15 is 0 Å². The molecule has 0 aromatic heterocycles. The Morgan fingerprint density at radius 3 is 3.10 bits per heavy atom. The summed E-state index contributed by atoms with van der Waals surface area (Å²) in [5.41, 5.74) is 1.33. The summed E-state index contributed by atoms with van der Waals surface area (Å²) in [6.07, 6.45) is 9.07. The van der Waals surface area contributed by atoms with Crippen molar-refractivity contribution in [2.45, 2.75) is 19.3 Å². The van der Waals surface area contributed by atoms with Crippen molar-refractivity contribution >= 4 is 5.78 Å². The highest BCUT2D eigenvalue weighted by Crippen LogP contribution is 2.30. The average Bonchev–Trinajstić information content (AvgIpc) is 2.36. The van der Waals surface area contributed by atoms with Gasteiger partial charge in [-0.2, -0.15) is 0 Å². The molecule has 2 rings (SSSR count). The van der Waals surface area contributed by atoms with Crippen LogP contribution >= 0.6 is 0 Å². The highest BCUT2D eigenvalue weighted by molar-refractivity contribution is 5.87. The molecule has 1 nitrogen and oxygen atoms in total. The molecule has 2 aliphatic carbocycles. The van der Waals surface area contributed by atoms with Gasteiger partial charge in [-0.25, -0.2) is 0 Å². The maximum absolute atomic E-state index is 11.2. The number of carbonyl (C=O) groups is 1. The van der Waals surface area contributed by atoms with Crippen LogP contribution in [0.25, 0.3) is 0 Å². The molecule has 0 aromatic rings. The van der Waals surface area contributed by atoms with Crippen molar-refractivity contribution in [3.63, 3.8) is 0 Å². The summed E-state index contributed by atoms with van der Waals surface area (Å²) < 4.78 is 0. The van der Waals surface area contributed by atoms with E-state index in [2.05, 4.69) is 6.08 Å². The Labute approximate surface area is 60.4 Å². The molecule has 0 saturated heterocycles. The molecule has 1 saturated carbocycles. The number of fused-ring (bicyclic) bond motifs is 1. The SMILES string of the molecule is O=C1CCCC2=CC=CC12. The maximum atomic E-state index is 11.2. The lowest BCUT2D eigenvalue weighted by Gasteiger charge is -2.17. The molecule has 0 aliphatic heterocycles. The third kappa shape index (κ3) is 0.737. The third-order valence-electron chi connectivity index (χ3n) is 2.25. The summed E-state index contributed by atoms with van der Waals surface area (Å²) in [7, 11) is 0. The van der Waals surface area contributed by atoms with Crippen molar-refractivity contribution < 1.29 is 4.79 Å². The Morgan fingerprint density at radius 2 is 2.30 bits per heavy atom. The summed E-state index contributed by atoms with van der Waals surface area (Å²) in [5.74, 6) is 0.583. The molecule has 1 unspecified atom stereocenters. The smallest absolute Gasteiger partial charge is 0.143 e. The topological polar surface area (TPSA) is 17.1 Å². The van der Waals surface area contributed by atoms with Gasteiger partial charge in [0.1, 0.15) is 5.78 Å². The summed E-state index contributed by atoms with van der Waals surface area (Å²) in [6, 6.07) is 0. The van der Waals surface area contributed by atoms with Gasteiger partial charge in [0.2, 0.25) is 0 Å². The number of hydrogen-bond acceptors (Lipinski definition) is 1. The van der Waals surface area contributed by atoms with Crippen LogP contribution in [0, 0.1) is 5.92 Å². The van der Waals surface area contributed by atoms with Gasteiger partial charge < -0.3 is 0 Å². The van der Waals surface area contributed by atoms with Crippen LogP contribution in [0.15, 0.2) is 23.8 Å². The van der Waals surface area contributed by atoms with Crippen LogP contribution in [0.5, 0.6) is 0 Å². The van der Waals surface area contributed by atoms with Crippen LogP contribution in [-0.2, 0) is 4.79 Å². The average molecular weight is 134 g/mol. The molecule has 0 bridgehead atoms. The van der Waals surface area contributed by atoms with Crippen molar-refractivity contribution in [3.05, 3.63) is 23.8 Å². The van der Waals surface area contributed by atoms with Crippen molar-refractivity contribution in [1.82, 2.24) is 0 Å². The normalized spacial score (nSPS) is 30.2. The fraction of sp³-hybridized carbons (Fsp3) is 0.444. The van der Waals surface area contributed by atoms with Gasteiger partial charge in [-0.3, -0.25) is 4.79 Å². The van der Waals surface area contributed by atoms with E-state index in [0.717, 1.165) is 19.3 Å². The van der Waals surface area contributed by atoms with Crippen LogP contribution < -0.4 is 0 Å². The Morgan fingerprint density at radius 1 is 1.40 bits per heavy atom. The third-order valence-corrected chi connectivity index (χ3v) is 2.25.